The summed E-state index contributed by atoms with van der Waals surface area (Å²) in [4.78, 5) is 0. The zero-order valence-corrected chi connectivity index (χ0v) is 12.1. The van der Waals surface area contributed by atoms with Crippen molar-refractivity contribution in [2.45, 2.75) is 20.8 Å². The second-order valence-electron chi connectivity index (χ2n) is 3.64. The molecule has 0 aromatic heterocycles. The second-order valence-corrected chi connectivity index (χ2v) is 3.64. The Hall–Kier alpha value is -2.47. The van der Waals surface area contributed by atoms with Crippen LogP contribution < -0.4 is 9.47 Å². The van der Waals surface area contributed by atoms with Crippen molar-refractivity contribution in [3.05, 3.63) is 54.1 Å². The van der Waals surface area contributed by atoms with E-state index in [9.17, 15) is 0 Å². The van der Waals surface area contributed by atoms with Crippen molar-refractivity contribution in [2.24, 2.45) is 0 Å². The molecule has 0 atom stereocenters. The van der Waals surface area contributed by atoms with E-state index >= 15 is 0 Å². The van der Waals surface area contributed by atoms with Gasteiger partial charge in [-0.05, 0) is 55.5 Å². The zero-order chi connectivity index (χ0) is 14.8. The predicted octanol–water partition coefficient (Wildman–Crippen LogP) is 4.78. The lowest BCUT2D eigenvalue weighted by atomic mass is 10.2. The van der Waals surface area contributed by atoms with Gasteiger partial charge in [-0.2, -0.15) is 5.26 Å². The highest BCUT2D eigenvalue weighted by Gasteiger charge is 1.98. The Morgan fingerprint density at radius 3 is 1.75 bits per heavy atom. The molecular weight excluding hydrogens is 250 g/mol. The highest BCUT2D eigenvalue weighted by Crippen LogP contribution is 2.23. The molecule has 2 aromatic rings. The fraction of sp³-hybridized carbons (Fsp3) is 0.235. The molecule has 0 bridgehead atoms. The molecule has 0 radical (unpaired) electrons. The molecular formula is C17H19NO2. The Labute approximate surface area is 120 Å². The van der Waals surface area contributed by atoms with Gasteiger partial charge < -0.3 is 9.47 Å². The van der Waals surface area contributed by atoms with Crippen LogP contribution in [0, 0.1) is 11.3 Å². The topological polar surface area (TPSA) is 42.2 Å². The number of benzene rings is 2. The minimum atomic E-state index is 0.619. The molecule has 0 aliphatic heterocycles. The first-order chi connectivity index (χ1) is 9.81. The van der Waals surface area contributed by atoms with Gasteiger partial charge in [0.2, 0.25) is 0 Å². The van der Waals surface area contributed by atoms with Crippen LogP contribution in [0.1, 0.15) is 26.3 Å². The van der Waals surface area contributed by atoms with Crippen molar-refractivity contribution >= 4 is 0 Å². The van der Waals surface area contributed by atoms with Gasteiger partial charge in [0.05, 0.1) is 18.2 Å². The minimum absolute atomic E-state index is 0.619. The Kier molecular flexibility index (Phi) is 6.70. The van der Waals surface area contributed by atoms with Gasteiger partial charge in [0.25, 0.3) is 0 Å². The molecule has 3 nitrogen and oxygen atoms in total. The van der Waals surface area contributed by atoms with Gasteiger partial charge in [-0.25, -0.2) is 0 Å². The first kappa shape index (κ1) is 15.6. The quantitative estimate of drug-likeness (QED) is 0.802. The lowest BCUT2D eigenvalue weighted by Gasteiger charge is -2.07. The third kappa shape index (κ3) is 4.66. The molecule has 0 unspecified atom stereocenters. The molecule has 0 amide bonds. The molecule has 0 N–H and O–H groups in total. The highest BCUT2D eigenvalue weighted by atomic mass is 16.5. The van der Waals surface area contributed by atoms with Crippen molar-refractivity contribution in [1.29, 1.82) is 5.26 Å². The Morgan fingerprint density at radius 2 is 1.30 bits per heavy atom. The van der Waals surface area contributed by atoms with Crippen LogP contribution in [0.5, 0.6) is 17.2 Å². The van der Waals surface area contributed by atoms with E-state index in [0.29, 0.717) is 17.9 Å². The smallest absolute Gasteiger partial charge is 0.127 e. The normalized spacial score (nSPS) is 8.90. The summed E-state index contributed by atoms with van der Waals surface area (Å²) in [5, 5.41) is 8.69. The minimum Gasteiger partial charge on any atom is -0.494 e. The van der Waals surface area contributed by atoms with Gasteiger partial charge in [0, 0.05) is 0 Å². The molecule has 3 heteroatoms. The molecule has 0 aliphatic rings. The summed E-state index contributed by atoms with van der Waals surface area (Å²) in [5.41, 5.74) is 0.619. The van der Waals surface area contributed by atoms with Crippen molar-refractivity contribution in [3.8, 4) is 23.3 Å². The van der Waals surface area contributed by atoms with Gasteiger partial charge in [0.1, 0.15) is 17.2 Å². The summed E-state index contributed by atoms with van der Waals surface area (Å²) in [5.74, 6) is 2.27. The first-order valence-electron chi connectivity index (χ1n) is 6.72. The lowest BCUT2D eigenvalue weighted by molar-refractivity contribution is 0.339. The third-order valence-electron chi connectivity index (χ3n) is 2.35. The van der Waals surface area contributed by atoms with Crippen molar-refractivity contribution in [2.75, 3.05) is 6.61 Å². The standard InChI is InChI=1S/C15H13NO2.C2H6/c1-2-17-13-7-9-15(10-8-13)18-14-5-3-12(11-16)4-6-14;1-2/h3-10H,2H2,1H3;1-2H3. The van der Waals surface area contributed by atoms with E-state index in [-0.39, 0.29) is 0 Å². The summed E-state index contributed by atoms with van der Waals surface area (Å²) < 4.78 is 11.0. The van der Waals surface area contributed by atoms with Gasteiger partial charge in [0.15, 0.2) is 0 Å². The summed E-state index contributed by atoms with van der Waals surface area (Å²) in [6.45, 7) is 6.59. The maximum atomic E-state index is 8.69. The van der Waals surface area contributed by atoms with Crippen molar-refractivity contribution in [3.63, 3.8) is 0 Å². The van der Waals surface area contributed by atoms with Crippen LogP contribution in [-0.4, -0.2) is 6.61 Å². The third-order valence-corrected chi connectivity index (χ3v) is 2.35. The molecule has 2 rings (SSSR count). The van der Waals surface area contributed by atoms with E-state index in [1.165, 1.54) is 0 Å². The zero-order valence-electron chi connectivity index (χ0n) is 12.1. The molecule has 0 spiro atoms. The van der Waals surface area contributed by atoms with E-state index in [4.69, 9.17) is 14.7 Å². The fourth-order valence-electron chi connectivity index (χ4n) is 1.50. The molecule has 0 saturated heterocycles. The summed E-state index contributed by atoms with van der Waals surface area (Å²) in [6, 6.07) is 16.5. The second kappa shape index (κ2) is 8.60. The SMILES string of the molecule is CC.CCOc1ccc(Oc2ccc(C#N)cc2)cc1. The van der Waals surface area contributed by atoms with Crippen LogP contribution in [0.25, 0.3) is 0 Å². The summed E-state index contributed by atoms with van der Waals surface area (Å²) >= 11 is 0. The maximum Gasteiger partial charge on any atom is 0.127 e. The fourth-order valence-corrected chi connectivity index (χ4v) is 1.50. The predicted molar refractivity (Wildman–Crippen MR) is 80.2 cm³/mol. The van der Waals surface area contributed by atoms with Gasteiger partial charge in [-0.15, -0.1) is 0 Å². The van der Waals surface area contributed by atoms with Crippen LogP contribution in [0.4, 0.5) is 0 Å². The van der Waals surface area contributed by atoms with Crippen LogP contribution in [-0.2, 0) is 0 Å². The molecule has 0 heterocycles. The van der Waals surface area contributed by atoms with E-state index in [1.807, 2.05) is 45.0 Å². The average molecular weight is 269 g/mol. The van der Waals surface area contributed by atoms with Gasteiger partial charge >= 0.3 is 0 Å². The molecule has 2 aromatic carbocycles. The Balaban J connectivity index is 0.000000956. The Bertz CT molecular complexity index is 539. The van der Waals surface area contributed by atoms with E-state index < -0.39 is 0 Å². The van der Waals surface area contributed by atoms with Crippen molar-refractivity contribution in [1.82, 2.24) is 0 Å². The number of nitriles is 1. The summed E-state index contributed by atoms with van der Waals surface area (Å²) in [7, 11) is 0. The van der Waals surface area contributed by atoms with Crippen LogP contribution in [0.15, 0.2) is 48.5 Å². The lowest BCUT2D eigenvalue weighted by Crippen LogP contribution is -1.91. The van der Waals surface area contributed by atoms with Crippen LogP contribution >= 0.6 is 0 Å². The molecule has 104 valence electrons. The number of hydrogen-bond acceptors (Lipinski definition) is 3. The summed E-state index contributed by atoms with van der Waals surface area (Å²) in [6.07, 6.45) is 0. The molecule has 0 aliphatic carbocycles. The van der Waals surface area contributed by atoms with E-state index in [0.717, 1.165) is 11.5 Å². The molecule has 0 fully saturated rings. The number of nitrogens with zero attached hydrogens (tertiary/aromatic N) is 1. The number of ether oxygens (including phenoxy) is 2. The highest BCUT2D eigenvalue weighted by molar-refractivity contribution is 5.38. The van der Waals surface area contributed by atoms with Gasteiger partial charge in [-0.3, -0.25) is 0 Å². The van der Waals surface area contributed by atoms with E-state index in [2.05, 4.69) is 6.07 Å². The monoisotopic (exact) mass is 269 g/mol. The van der Waals surface area contributed by atoms with E-state index in [1.54, 1.807) is 24.3 Å². The first-order valence-corrected chi connectivity index (χ1v) is 6.72. The maximum absolute atomic E-state index is 8.69. The van der Waals surface area contributed by atoms with Gasteiger partial charge in [-0.1, -0.05) is 13.8 Å². The molecule has 20 heavy (non-hydrogen) atoms. The largest absolute Gasteiger partial charge is 0.494 e. The molecule has 0 saturated carbocycles. The number of hydrogen-bond donors (Lipinski definition) is 0. The number of rotatable bonds is 4. The average Bonchev–Trinajstić information content (AvgIpc) is 2.52. The van der Waals surface area contributed by atoms with Crippen LogP contribution in [0.3, 0.4) is 0 Å². The Morgan fingerprint density at radius 1 is 0.850 bits per heavy atom. The van der Waals surface area contributed by atoms with Crippen molar-refractivity contribution < 1.29 is 9.47 Å². The van der Waals surface area contributed by atoms with Crippen LogP contribution in [0.2, 0.25) is 0 Å².